The summed E-state index contributed by atoms with van der Waals surface area (Å²) in [7, 11) is 0. The minimum atomic E-state index is 0.0871. The van der Waals surface area contributed by atoms with E-state index in [-0.39, 0.29) is 5.91 Å². The number of unbranched alkanes of at least 4 members (excludes halogenated alkanes) is 1. The molecular formula is C22H25ClN2O2. The number of nitrogens with zero attached hydrogens (tertiary/aromatic N) is 1. The van der Waals surface area contributed by atoms with E-state index in [1.165, 1.54) is 16.7 Å². The second-order valence-electron chi connectivity index (χ2n) is 7.36. The van der Waals surface area contributed by atoms with Gasteiger partial charge in [-0.1, -0.05) is 23.7 Å². The van der Waals surface area contributed by atoms with Crippen LogP contribution >= 0.6 is 11.6 Å². The number of fused-ring (bicyclic) bond motifs is 2. The van der Waals surface area contributed by atoms with Crippen LogP contribution in [-0.2, 0) is 24.2 Å². The Morgan fingerprint density at radius 1 is 1.00 bits per heavy atom. The van der Waals surface area contributed by atoms with Crippen LogP contribution in [0.4, 0.5) is 5.69 Å². The summed E-state index contributed by atoms with van der Waals surface area (Å²) in [4.78, 5) is 14.0. The first kappa shape index (κ1) is 18.3. The molecular weight excluding hydrogens is 360 g/mol. The van der Waals surface area contributed by atoms with Gasteiger partial charge in [-0.2, -0.15) is 0 Å². The summed E-state index contributed by atoms with van der Waals surface area (Å²) in [5.41, 5.74) is 4.88. The normalized spacial score (nSPS) is 16.4. The highest BCUT2D eigenvalue weighted by Crippen LogP contribution is 2.27. The molecule has 0 aliphatic carbocycles. The van der Waals surface area contributed by atoms with Crippen LogP contribution in [-0.4, -0.2) is 30.5 Å². The molecule has 142 valence electrons. The van der Waals surface area contributed by atoms with Crippen molar-refractivity contribution in [1.29, 1.82) is 0 Å². The first-order chi connectivity index (χ1) is 13.2. The molecule has 2 aromatic carbocycles. The fraction of sp³-hybridized carbons (Fsp3) is 0.409. The van der Waals surface area contributed by atoms with E-state index in [1.807, 2.05) is 18.2 Å². The maximum atomic E-state index is 11.5. The van der Waals surface area contributed by atoms with Gasteiger partial charge < -0.3 is 10.1 Å². The molecule has 4 nitrogen and oxygen atoms in total. The van der Waals surface area contributed by atoms with Crippen LogP contribution in [0, 0.1) is 0 Å². The molecule has 2 aliphatic heterocycles. The second kappa shape index (κ2) is 8.32. The van der Waals surface area contributed by atoms with Gasteiger partial charge in [0.2, 0.25) is 5.91 Å². The molecule has 0 radical (unpaired) electrons. The lowest BCUT2D eigenvalue weighted by atomic mass is 10.00. The standard InChI is InChI=1S/C22H25ClN2O2/c23-19-6-3-16-9-11-25(15-18(16)13-19)10-1-2-12-27-20-7-4-17-5-8-22(26)24-21(17)14-20/h3-4,6-7,13-14H,1-2,5,8-12,15H2,(H,24,26). The summed E-state index contributed by atoms with van der Waals surface area (Å²) in [5, 5.41) is 3.75. The van der Waals surface area contributed by atoms with Gasteiger partial charge in [-0.15, -0.1) is 0 Å². The molecule has 0 bridgehead atoms. The van der Waals surface area contributed by atoms with Crippen LogP contribution in [0.5, 0.6) is 5.75 Å². The smallest absolute Gasteiger partial charge is 0.224 e. The Balaban J connectivity index is 1.20. The van der Waals surface area contributed by atoms with Crippen molar-refractivity contribution in [2.24, 2.45) is 0 Å². The van der Waals surface area contributed by atoms with E-state index in [4.69, 9.17) is 16.3 Å². The molecule has 27 heavy (non-hydrogen) atoms. The van der Waals surface area contributed by atoms with E-state index >= 15 is 0 Å². The van der Waals surface area contributed by atoms with Crippen LogP contribution in [0.1, 0.15) is 36.0 Å². The van der Waals surface area contributed by atoms with E-state index in [0.29, 0.717) is 13.0 Å². The van der Waals surface area contributed by atoms with Crippen molar-refractivity contribution in [3.05, 3.63) is 58.1 Å². The molecule has 0 aromatic heterocycles. The number of rotatable bonds is 6. The largest absolute Gasteiger partial charge is 0.494 e. The third-order valence-corrected chi connectivity index (χ3v) is 5.61. The van der Waals surface area contributed by atoms with Crippen LogP contribution in [0.15, 0.2) is 36.4 Å². The number of halogens is 1. The maximum Gasteiger partial charge on any atom is 0.224 e. The van der Waals surface area contributed by atoms with Crippen molar-refractivity contribution >= 4 is 23.2 Å². The van der Waals surface area contributed by atoms with Gasteiger partial charge in [-0.05, 0) is 67.1 Å². The molecule has 0 unspecified atom stereocenters. The van der Waals surface area contributed by atoms with Crippen LogP contribution in [0.3, 0.4) is 0 Å². The molecule has 5 heteroatoms. The third-order valence-electron chi connectivity index (χ3n) is 5.37. The van der Waals surface area contributed by atoms with Crippen molar-refractivity contribution in [2.75, 3.05) is 25.0 Å². The number of anilines is 1. The van der Waals surface area contributed by atoms with Crippen molar-refractivity contribution in [3.63, 3.8) is 0 Å². The van der Waals surface area contributed by atoms with Gasteiger partial charge >= 0.3 is 0 Å². The fourth-order valence-corrected chi connectivity index (χ4v) is 4.04. The maximum absolute atomic E-state index is 11.5. The lowest BCUT2D eigenvalue weighted by Crippen LogP contribution is -2.31. The van der Waals surface area contributed by atoms with Crippen LogP contribution in [0.25, 0.3) is 0 Å². The molecule has 0 fully saturated rings. The Hall–Kier alpha value is -2.04. The minimum absolute atomic E-state index is 0.0871. The van der Waals surface area contributed by atoms with Gasteiger partial charge in [0.05, 0.1) is 6.61 Å². The van der Waals surface area contributed by atoms with Crippen LogP contribution in [0.2, 0.25) is 5.02 Å². The first-order valence-corrected chi connectivity index (χ1v) is 10.1. The first-order valence-electron chi connectivity index (χ1n) is 9.72. The molecule has 2 aromatic rings. The number of carbonyl (C=O) groups is 1. The van der Waals surface area contributed by atoms with E-state index in [0.717, 1.165) is 61.8 Å². The molecule has 2 aliphatic rings. The number of ether oxygens (including phenoxy) is 1. The average molecular weight is 385 g/mol. The number of aryl methyl sites for hydroxylation is 1. The molecule has 0 atom stereocenters. The van der Waals surface area contributed by atoms with Gasteiger partial charge in [-0.3, -0.25) is 9.69 Å². The lowest BCUT2D eigenvalue weighted by Gasteiger charge is -2.28. The minimum Gasteiger partial charge on any atom is -0.494 e. The third kappa shape index (κ3) is 4.63. The highest BCUT2D eigenvalue weighted by molar-refractivity contribution is 6.30. The Labute approximate surface area is 165 Å². The topological polar surface area (TPSA) is 41.6 Å². The van der Waals surface area contributed by atoms with Gasteiger partial charge in [0.15, 0.2) is 0 Å². The Morgan fingerprint density at radius 3 is 2.81 bits per heavy atom. The average Bonchev–Trinajstić information content (AvgIpc) is 2.67. The van der Waals surface area contributed by atoms with Crippen molar-refractivity contribution in [1.82, 2.24) is 4.90 Å². The quantitative estimate of drug-likeness (QED) is 0.748. The second-order valence-corrected chi connectivity index (χ2v) is 7.80. The number of hydrogen-bond donors (Lipinski definition) is 1. The summed E-state index contributed by atoms with van der Waals surface area (Å²) in [6, 6.07) is 12.2. The summed E-state index contributed by atoms with van der Waals surface area (Å²) in [6.07, 6.45) is 4.61. The molecule has 4 rings (SSSR count). The zero-order valence-corrected chi connectivity index (χ0v) is 16.2. The lowest BCUT2D eigenvalue weighted by molar-refractivity contribution is -0.116. The molecule has 0 saturated carbocycles. The Morgan fingerprint density at radius 2 is 1.89 bits per heavy atom. The number of amides is 1. The van der Waals surface area contributed by atoms with E-state index in [9.17, 15) is 4.79 Å². The van der Waals surface area contributed by atoms with Crippen molar-refractivity contribution < 1.29 is 9.53 Å². The van der Waals surface area contributed by atoms with Crippen molar-refractivity contribution in [3.8, 4) is 5.75 Å². The summed E-state index contributed by atoms with van der Waals surface area (Å²) in [5.74, 6) is 0.918. The predicted octanol–water partition coefficient (Wildman–Crippen LogP) is 4.44. The SMILES string of the molecule is O=C1CCc2ccc(OCCCCN3CCc4ccc(Cl)cc4C3)cc2N1. The predicted molar refractivity (Wildman–Crippen MR) is 109 cm³/mol. The molecule has 1 amide bonds. The highest BCUT2D eigenvalue weighted by Gasteiger charge is 2.16. The molecule has 1 N–H and O–H groups in total. The van der Waals surface area contributed by atoms with E-state index in [2.05, 4.69) is 28.4 Å². The number of hydrogen-bond acceptors (Lipinski definition) is 3. The molecule has 0 saturated heterocycles. The van der Waals surface area contributed by atoms with Gasteiger partial charge in [0, 0.05) is 36.3 Å². The number of carbonyl (C=O) groups excluding carboxylic acids is 1. The van der Waals surface area contributed by atoms with Gasteiger partial charge in [0.25, 0.3) is 0 Å². The Bertz CT molecular complexity index is 837. The van der Waals surface area contributed by atoms with E-state index in [1.54, 1.807) is 0 Å². The fourth-order valence-electron chi connectivity index (χ4n) is 3.84. The highest BCUT2D eigenvalue weighted by atomic mass is 35.5. The van der Waals surface area contributed by atoms with Crippen molar-refractivity contribution in [2.45, 2.75) is 38.6 Å². The Kier molecular flexibility index (Phi) is 5.65. The zero-order valence-electron chi connectivity index (χ0n) is 15.5. The number of nitrogens with one attached hydrogen (secondary N) is 1. The summed E-state index contributed by atoms with van der Waals surface area (Å²) in [6.45, 7) is 3.87. The van der Waals surface area contributed by atoms with Gasteiger partial charge in [-0.25, -0.2) is 0 Å². The zero-order chi connectivity index (χ0) is 18.6. The monoisotopic (exact) mass is 384 g/mol. The summed E-state index contributed by atoms with van der Waals surface area (Å²) < 4.78 is 5.88. The summed E-state index contributed by atoms with van der Waals surface area (Å²) >= 11 is 6.12. The molecule has 2 heterocycles. The number of benzene rings is 2. The van der Waals surface area contributed by atoms with Crippen LogP contribution < -0.4 is 10.1 Å². The molecule has 0 spiro atoms. The van der Waals surface area contributed by atoms with E-state index < -0.39 is 0 Å². The van der Waals surface area contributed by atoms with Gasteiger partial charge in [0.1, 0.15) is 5.75 Å².